The standard InChI is InChI=1S/C18H22N4O3S/c1-12-19-18(21-25-12)14-6-4-13(5-7-14)10-17(23)22-9-8-15(20-24-2)16(11-22)26-3/h4-7,16H,8-11H2,1-3H3. The van der Waals surface area contributed by atoms with E-state index in [0.29, 0.717) is 31.2 Å². The third-order valence-corrected chi connectivity index (χ3v) is 5.33. The maximum atomic E-state index is 12.7. The van der Waals surface area contributed by atoms with Gasteiger partial charge in [0.15, 0.2) is 0 Å². The minimum Gasteiger partial charge on any atom is -0.399 e. The van der Waals surface area contributed by atoms with Crippen LogP contribution in [0.1, 0.15) is 17.9 Å². The summed E-state index contributed by atoms with van der Waals surface area (Å²) >= 11 is 1.70. The summed E-state index contributed by atoms with van der Waals surface area (Å²) in [5.74, 6) is 1.22. The average Bonchev–Trinajstić information content (AvgIpc) is 3.09. The Bertz CT molecular complexity index is 788. The normalized spacial score (nSPS) is 19.0. The summed E-state index contributed by atoms with van der Waals surface area (Å²) in [6.45, 7) is 3.10. The molecule has 0 spiro atoms. The van der Waals surface area contributed by atoms with Crippen molar-refractivity contribution in [1.82, 2.24) is 15.0 Å². The molecule has 8 heteroatoms. The van der Waals surface area contributed by atoms with Crippen LogP contribution in [0.25, 0.3) is 11.4 Å². The van der Waals surface area contributed by atoms with E-state index in [1.807, 2.05) is 35.4 Å². The number of aryl methyl sites for hydroxylation is 1. The van der Waals surface area contributed by atoms with E-state index in [1.165, 1.54) is 0 Å². The highest BCUT2D eigenvalue weighted by molar-refractivity contribution is 8.00. The van der Waals surface area contributed by atoms with Crippen LogP contribution in [0, 0.1) is 6.92 Å². The number of piperidine rings is 1. The van der Waals surface area contributed by atoms with Crippen molar-refractivity contribution in [2.75, 3.05) is 26.5 Å². The monoisotopic (exact) mass is 374 g/mol. The maximum Gasteiger partial charge on any atom is 0.227 e. The van der Waals surface area contributed by atoms with Gasteiger partial charge in [0, 0.05) is 32.0 Å². The van der Waals surface area contributed by atoms with Crippen molar-refractivity contribution in [3.8, 4) is 11.4 Å². The first-order valence-corrected chi connectivity index (χ1v) is 9.69. The van der Waals surface area contributed by atoms with Gasteiger partial charge < -0.3 is 14.3 Å². The quantitative estimate of drug-likeness (QED) is 0.748. The van der Waals surface area contributed by atoms with E-state index in [0.717, 1.165) is 23.3 Å². The van der Waals surface area contributed by atoms with Crippen molar-refractivity contribution in [2.45, 2.75) is 25.0 Å². The van der Waals surface area contributed by atoms with Gasteiger partial charge in [-0.05, 0) is 11.8 Å². The summed E-state index contributed by atoms with van der Waals surface area (Å²) in [7, 11) is 1.56. The number of benzene rings is 1. The summed E-state index contributed by atoms with van der Waals surface area (Å²) in [5, 5.41) is 8.19. The Kier molecular flexibility index (Phi) is 5.92. The Labute approximate surface area is 156 Å². The molecule has 0 aliphatic carbocycles. The molecule has 1 fully saturated rings. The molecule has 1 saturated heterocycles. The van der Waals surface area contributed by atoms with Gasteiger partial charge in [0.2, 0.25) is 17.6 Å². The molecule has 26 heavy (non-hydrogen) atoms. The van der Waals surface area contributed by atoms with Crippen LogP contribution in [-0.4, -0.2) is 58.4 Å². The van der Waals surface area contributed by atoms with Crippen LogP contribution in [-0.2, 0) is 16.1 Å². The lowest BCUT2D eigenvalue weighted by atomic mass is 10.1. The average molecular weight is 374 g/mol. The molecule has 1 amide bonds. The molecule has 0 saturated carbocycles. The largest absolute Gasteiger partial charge is 0.399 e. The van der Waals surface area contributed by atoms with Crippen LogP contribution in [0.4, 0.5) is 0 Å². The van der Waals surface area contributed by atoms with E-state index in [-0.39, 0.29) is 11.2 Å². The Hall–Kier alpha value is -2.35. The second-order valence-corrected chi connectivity index (χ2v) is 7.13. The number of carbonyl (C=O) groups is 1. The fraction of sp³-hybridized carbons (Fsp3) is 0.444. The zero-order chi connectivity index (χ0) is 18.5. The molecule has 2 aromatic rings. The summed E-state index contributed by atoms with van der Waals surface area (Å²) in [5.41, 5.74) is 2.86. The summed E-state index contributed by atoms with van der Waals surface area (Å²) < 4.78 is 5.00. The Morgan fingerprint density at radius 1 is 1.42 bits per heavy atom. The fourth-order valence-electron chi connectivity index (χ4n) is 2.94. The summed E-state index contributed by atoms with van der Waals surface area (Å²) in [4.78, 5) is 23.7. The number of hydrogen-bond acceptors (Lipinski definition) is 7. The lowest BCUT2D eigenvalue weighted by Gasteiger charge is -2.32. The van der Waals surface area contributed by atoms with E-state index >= 15 is 0 Å². The topological polar surface area (TPSA) is 80.8 Å². The van der Waals surface area contributed by atoms with Crippen LogP contribution in [0.15, 0.2) is 33.9 Å². The maximum absolute atomic E-state index is 12.7. The van der Waals surface area contributed by atoms with Crippen molar-refractivity contribution in [2.24, 2.45) is 5.16 Å². The van der Waals surface area contributed by atoms with E-state index in [4.69, 9.17) is 9.36 Å². The molecule has 1 atom stereocenters. The minimum absolute atomic E-state index is 0.128. The van der Waals surface area contributed by atoms with Gasteiger partial charge in [-0.3, -0.25) is 4.79 Å². The van der Waals surface area contributed by atoms with Gasteiger partial charge in [0.25, 0.3) is 0 Å². The van der Waals surface area contributed by atoms with E-state index in [9.17, 15) is 4.79 Å². The van der Waals surface area contributed by atoms with Crippen LogP contribution in [0.2, 0.25) is 0 Å². The Morgan fingerprint density at radius 3 is 2.81 bits per heavy atom. The van der Waals surface area contributed by atoms with Crippen LogP contribution < -0.4 is 0 Å². The molecule has 138 valence electrons. The molecule has 1 aromatic heterocycles. The van der Waals surface area contributed by atoms with Crippen molar-refractivity contribution in [1.29, 1.82) is 0 Å². The number of thioether (sulfide) groups is 1. The van der Waals surface area contributed by atoms with Gasteiger partial charge in [-0.2, -0.15) is 16.7 Å². The molecule has 1 aliphatic rings. The zero-order valence-corrected chi connectivity index (χ0v) is 16.0. The molecule has 1 unspecified atom stereocenters. The van der Waals surface area contributed by atoms with Gasteiger partial charge in [-0.15, -0.1) is 0 Å². The van der Waals surface area contributed by atoms with Crippen molar-refractivity contribution < 1.29 is 14.2 Å². The lowest BCUT2D eigenvalue weighted by molar-refractivity contribution is -0.130. The summed E-state index contributed by atoms with van der Waals surface area (Å²) in [6.07, 6.45) is 3.16. The molecular weight excluding hydrogens is 352 g/mol. The van der Waals surface area contributed by atoms with E-state index in [1.54, 1.807) is 25.8 Å². The molecule has 3 rings (SSSR count). The number of amides is 1. The van der Waals surface area contributed by atoms with Gasteiger partial charge in [-0.1, -0.05) is 34.6 Å². The number of likely N-dealkylation sites (tertiary alicyclic amines) is 1. The highest BCUT2D eigenvalue weighted by Gasteiger charge is 2.28. The first kappa shape index (κ1) is 18.4. The second kappa shape index (κ2) is 8.35. The van der Waals surface area contributed by atoms with Crippen LogP contribution in [0.3, 0.4) is 0 Å². The van der Waals surface area contributed by atoms with E-state index in [2.05, 4.69) is 15.3 Å². The van der Waals surface area contributed by atoms with Crippen molar-refractivity contribution in [3.05, 3.63) is 35.7 Å². The van der Waals surface area contributed by atoms with Crippen molar-refractivity contribution in [3.63, 3.8) is 0 Å². The minimum atomic E-state index is 0.128. The number of oxime groups is 1. The predicted octanol–water partition coefficient (Wildman–Crippen LogP) is 2.55. The highest BCUT2D eigenvalue weighted by Crippen LogP contribution is 2.21. The Morgan fingerprint density at radius 2 is 2.19 bits per heavy atom. The lowest BCUT2D eigenvalue weighted by Crippen LogP contribution is -2.46. The first-order valence-electron chi connectivity index (χ1n) is 8.41. The molecular formula is C18H22N4O3S. The number of carbonyl (C=O) groups excluding carboxylic acids is 1. The SMILES string of the molecule is CON=C1CCN(C(=O)Cc2ccc(-c3noc(C)n3)cc2)CC1SC. The predicted molar refractivity (Wildman–Crippen MR) is 101 cm³/mol. The molecule has 0 bridgehead atoms. The zero-order valence-electron chi connectivity index (χ0n) is 15.1. The third-order valence-electron chi connectivity index (χ3n) is 4.34. The third kappa shape index (κ3) is 4.24. The molecule has 2 heterocycles. The highest BCUT2D eigenvalue weighted by atomic mass is 32.2. The first-order chi connectivity index (χ1) is 12.6. The van der Waals surface area contributed by atoms with E-state index < -0.39 is 0 Å². The molecule has 1 aromatic carbocycles. The van der Waals surface area contributed by atoms with Gasteiger partial charge in [0.05, 0.1) is 17.4 Å². The van der Waals surface area contributed by atoms with Crippen molar-refractivity contribution >= 4 is 23.4 Å². The number of rotatable bonds is 5. The molecule has 0 N–H and O–H groups in total. The second-order valence-electron chi connectivity index (χ2n) is 6.09. The fourth-order valence-corrected chi connectivity index (χ4v) is 3.70. The van der Waals surface area contributed by atoms with Crippen LogP contribution in [0.5, 0.6) is 0 Å². The summed E-state index contributed by atoms with van der Waals surface area (Å²) in [6, 6.07) is 7.70. The number of nitrogens with zero attached hydrogens (tertiary/aromatic N) is 4. The number of aromatic nitrogens is 2. The van der Waals surface area contributed by atoms with Gasteiger partial charge in [-0.25, -0.2) is 0 Å². The van der Waals surface area contributed by atoms with Gasteiger partial charge in [0.1, 0.15) is 7.11 Å². The molecule has 7 nitrogen and oxygen atoms in total. The number of hydrogen-bond donors (Lipinski definition) is 0. The molecule has 0 radical (unpaired) electrons. The molecule has 1 aliphatic heterocycles. The Balaban J connectivity index is 1.62. The smallest absolute Gasteiger partial charge is 0.227 e. The van der Waals surface area contributed by atoms with Gasteiger partial charge >= 0.3 is 0 Å². The van der Waals surface area contributed by atoms with Crippen LogP contribution >= 0.6 is 11.8 Å².